The van der Waals surface area contributed by atoms with E-state index in [0.717, 1.165) is 37.5 Å². The predicted molar refractivity (Wildman–Crippen MR) is 77.5 cm³/mol. The minimum Gasteiger partial charge on any atom is -0.378 e. The summed E-state index contributed by atoms with van der Waals surface area (Å²) in [5.74, 6) is 0.605. The van der Waals surface area contributed by atoms with Gasteiger partial charge >= 0.3 is 0 Å². The summed E-state index contributed by atoms with van der Waals surface area (Å²) in [5.41, 5.74) is 2.14. The third kappa shape index (κ3) is 2.89. The van der Waals surface area contributed by atoms with E-state index in [-0.39, 0.29) is 0 Å². The molecular formula is C15H17ClN2O. The highest BCUT2D eigenvalue weighted by molar-refractivity contribution is 6.18. The first-order valence-electron chi connectivity index (χ1n) is 6.59. The lowest BCUT2D eigenvalue weighted by molar-refractivity contribution is -0.00353. The largest absolute Gasteiger partial charge is 0.378 e. The Morgan fingerprint density at radius 2 is 2.16 bits per heavy atom. The second-order valence-corrected chi connectivity index (χ2v) is 5.16. The highest BCUT2D eigenvalue weighted by Gasteiger charge is 2.22. The molecular weight excluding hydrogens is 260 g/mol. The zero-order valence-corrected chi connectivity index (χ0v) is 11.5. The predicted octanol–water partition coefficient (Wildman–Crippen LogP) is 2.67. The van der Waals surface area contributed by atoms with Gasteiger partial charge in [0.25, 0.3) is 0 Å². The fraction of sp³-hybridized carbons (Fsp3) is 0.400. The highest BCUT2D eigenvalue weighted by Crippen LogP contribution is 2.16. The van der Waals surface area contributed by atoms with Crippen molar-refractivity contribution in [2.45, 2.75) is 12.6 Å². The van der Waals surface area contributed by atoms with Crippen LogP contribution in [0, 0.1) is 0 Å². The Bertz CT molecular complexity index is 561. The molecule has 3 rings (SSSR count). The summed E-state index contributed by atoms with van der Waals surface area (Å²) in [6, 6.07) is 12.7. The normalized spacial score (nSPS) is 20.8. The number of pyridine rings is 1. The Labute approximate surface area is 118 Å². The molecule has 2 heterocycles. The molecule has 1 aromatic heterocycles. The van der Waals surface area contributed by atoms with Crippen LogP contribution in [0.25, 0.3) is 10.9 Å². The van der Waals surface area contributed by atoms with Gasteiger partial charge in [0.05, 0.1) is 24.4 Å². The Hall–Kier alpha value is -1.16. The molecule has 1 aromatic carbocycles. The van der Waals surface area contributed by atoms with E-state index in [0.29, 0.717) is 11.9 Å². The quantitative estimate of drug-likeness (QED) is 0.806. The highest BCUT2D eigenvalue weighted by atomic mass is 35.5. The first-order chi connectivity index (χ1) is 9.36. The van der Waals surface area contributed by atoms with Gasteiger partial charge in [-0.2, -0.15) is 0 Å². The maximum Gasteiger partial charge on any atom is 0.0705 e. The number of benzene rings is 1. The molecule has 1 unspecified atom stereocenters. The van der Waals surface area contributed by atoms with Crippen molar-refractivity contribution in [1.29, 1.82) is 0 Å². The number of morpholine rings is 1. The second-order valence-electron chi connectivity index (χ2n) is 4.85. The fourth-order valence-electron chi connectivity index (χ4n) is 2.44. The van der Waals surface area contributed by atoms with Crippen LogP contribution in [-0.4, -0.2) is 41.6 Å². The van der Waals surface area contributed by atoms with Gasteiger partial charge in [0.2, 0.25) is 0 Å². The van der Waals surface area contributed by atoms with Gasteiger partial charge in [-0.3, -0.25) is 9.88 Å². The molecule has 2 aromatic rings. The molecule has 4 heteroatoms. The van der Waals surface area contributed by atoms with E-state index >= 15 is 0 Å². The number of fused-ring (bicyclic) bond motifs is 1. The summed E-state index contributed by atoms with van der Waals surface area (Å²) in [7, 11) is 0. The molecule has 0 bridgehead atoms. The molecule has 0 amide bonds. The van der Waals surface area contributed by atoms with Crippen molar-refractivity contribution in [3.05, 3.63) is 42.1 Å². The maximum absolute atomic E-state index is 5.99. The molecule has 0 spiro atoms. The molecule has 1 fully saturated rings. The lowest BCUT2D eigenvalue weighted by Crippen LogP contribution is -2.46. The Kier molecular flexibility index (Phi) is 3.97. The zero-order chi connectivity index (χ0) is 13.1. The third-order valence-electron chi connectivity index (χ3n) is 3.55. The molecule has 0 saturated carbocycles. The molecule has 1 atom stereocenters. The molecule has 3 nitrogen and oxygen atoms in total. The van der Waals surface area contributed by atoms with E-state index in [4.69, 9.17) is 21.3 Å². The zero-order valence-electron chi connectivity index (χ0n) is 10.8. The number of para-hydroxylation sites is 1. The SMILES string of the molecule is ClCC1COCCN1Cc1ccc2ccccc2n1. The molecule has 1 saturated heterocycles. The summed E-state index contributed by atoms with van der Waals surface area (Å²) >= 11 is 5.99. The number of halogens is 1. The van der Waals surface area contributed by atoms with E-state index in [1.165, 1.54) is 5.39 Å². The monoisotopic (exact) mass is 276 g/mol. The maximum atomic E-state index is 5.99. The minimum absolute atomic E-state index is 0.295. The van der Waals surface area contributed by atoms with Crippen molar-refractivity contribution >= 4 is 22.5 Å². The molecule has 0 radical (unpaired) electrons. The number of aromatic nitrogens is 1. The smallest absolute Gasteiger partial charge is 0.0705 e. The average molecular weight is 277 g/mol. The van der Waals surface area contributed by atoms with Crippen LogP contribution < -0.4 is 0 Å². The van der Waals surface area contributed by atoms with Gasteiger partial charge in [-0.25, -0.2) is 0 Å². The number of hydrogen-bond donors (Lipinski definition) is 0. The van der Waals surface area contributed by atoms with Crippen LogP contribution in [0.3, 0.4) is 0 Å². The van der Waals surface area contributed by atoms with E-state index in [1.54, 1.807) is 0 Å². The second kappa shape index (κ2) is 5.87. The number of ether oxygens (including phenoxy) is 1. The molecule has 0 aliphatic carbocycles. The van der Waals surface area contributed by atoms with Gasteiger partial charge in [0, 0.05) is 30.4 Å². The number of rotatable bonds is 3. The Morgan fingerprint density at radius 1 is 1.26 bits per heavy atom. The van der Waals surface area contributed by atoms with Crippen LogP contribution in [0.2, 0.25) is 0 Å². The van der Waals surface area contributed by atoms with Crippen LogP contribution in [0.5, 0.6) is 0 Å². The van der Waals surface area contributed by atoms with Crippen molar-refractivity contribution in [3.63, 3.8) is 0 Å². The van der Waals surface area contributed by atoms with Crippen LogP contribution >= 0.6 is 11.6 Å². The average Bonchev–Trinajstić information content (AvgIpc) is 2.48. The molecule has 0 N–H and O–H groups in total. The first-order valence-corrected chi connectivity index (χ1v) is 7.13. The first kappa shape index (κ1) is 12.9. The molecule has 100 valence electrons. The summed E-state index contributed by atoms with van der Waals surface area (Å²) in [6.45, 7) is 3.26. The van der Waals surface area contributed by atoms with Crippen LogP contribution in [0.4, 0.5) is 0 Å². The fourth-order valence-corrected chi connectivity index (χ4v) is 2.73. The van der Waals surface area contributed by atoms with Crippen molar-refractivity contribution in [2.75, 3.05) is 25.6 Å². The van der Waals surface area contributed by atoms with E-state index in [1.807, 2.05) is 12.1 Å². The van der Waals surface area contributed by atoms with Crippen molar-refractivity contribution < 1.29 is 4.74 Å². The Balaban J connectivity index is 1.80. The van der Waals surface area contributed by atoms with Crippen LogP contribution in [0.1, 0.15) is 5.69 Å². The standard InChI is InChI=1S/C15H17ClN2O/c16-9-14-11-19-8-7-18(14)10-13-6-5-12-3-1-2-4-15(12)17-13/h1-6,14H,7-11H2. The van der Waals surface area contributed by atoms with E-state index in [2.05, 4.69) is 29.2 Å². The summed E-state index contributed by atoms with van der Waals surface area (Å²) < 4.78 is 5.46. The molecule has 1 aliphatic heterocycles. The third-order valence-corrected chi connectivity index (χ3v) is 3.90. The van der Waals surface area contributed by atoms with Gasteiger partial charge in [-0.05, 0) is 12.1 Å². The van der Waals surface area contributed by atoms with E-state index < -0.39 is 0 Å². The van der Waals surface area contributed by atoms with Crippen molar-refractivity contribution in [1.82, 2.24) is 9.88 Å². The summed E-state index contributed by atoms with van der Waals surface area (Å²) in [4.78, 5) is 7.07. The lowest BCUT2D eigenvalue weighted by Gasteiger charge is -2.34. The van der Waals surface area contributed by atoms with Gasteiger partial charge in [-0.1, -0.05) is 24.3 Å². The van der Waals surface area contributed by atoms with Crippen molar-refractivity contribution in [2.24, 2.45) is 0 Å². The van der Waals surface area contributed by atoms with Crippen LogP contribution in [0.15, 0.2) is 36.4 Å². The van der Waals surface area contributed by atoms with Gasteiger partial charge in [0.1, 0.15) is 0 Å². The molecule has 19 heavy (non-hydrogen) atoms. The van der Waals surface area contributed by atoms with Gasteiger partial charge < -0.3 is 4.74 Å². The molecule has 1 aliphatic rings. The number of alkyl halides is 1. The minimum atomic E-state index is 0.295. The topological polar surface area (TPSA) is 25.4 Å². The van der Waals surface area contributed by atoms with Crippen molar-refractivity contribution in [3.8, 4) is 0 Å². The Morgan fingerprint density at radius 3 is 3.05 bits per heavy atom. The number of nitrogens with zero attached hydrogens (tertiary/aromatic N) is 2. The lowest BCUT2D eigenvalue weighted by atomic mass is 10.2. The van der Waals surface area contributed by atoms with Crippen LogP contribution in [-0.2, 0) is 11.3 Å². The van der Waals surface area contributed by atoms with Gasteiger partial charge in [-0.15, -0.1) is 11.6 Å². The summed E-state index contributed by atoms with van der Waals surface area (Å²) in [6.07, 6.45) is 0. The van der Waals surface area contributed by atoms with E-state index in [9.17, 15) is 0 Å². The number of hydrogen-bond acceptors (Lipinski definition) is 3. The van der Waals surface area contributed by atoms with Gasteiger partial charge in [0.15, 0.2) is 0 Å². The summed E-state index contributed by atoms with van der Waals surface area (Å²) in [5, 5.41) is 1.18.